The lowest BCUT2D eigenvalue weighted by atomic mass is 10.1. The van der Waals surface area contributed by atoms with Crippen LogP contribution in [0.2, 0.25) is 0 Å². The van der Waals surface area contributed by atoms with Gasteiger partial charge in [-0.2, -0.15) is 0 Å². The zero-order chi connectivity index (χ0) is 16.2. The minimum Gasteiger partial charge on any atom is -0.497 e. The molecular weight excluding hydrogens is 286 g/mol. The summed E-state index contributed by atoms with van der Waals surface area (Å²) in [5.41, 5.74) is 4.49. The quantitative estimate of drug-likeness (QED) is 0.721. The number of likely N-dealkylation sites (N-methyl/N-ethyl adjacent to an activating group) is 1. The molecule has 0 amide bonds. The number of ether oxygens (including phenoxy) is 1. The van der Waals surface area contributed by atoms with Crippen molar-refractivity contribution < 1.29 is 4.74 Å². The summed E-state index contributed by atoms with van der Waals surface area (Å²) < 4.78 is 5.36. The third kappa shape index (κ3) is 3.42. The van der Waals surface area contributed by atoms with Gasteiger partial charge in [0.25, 0.3) is 0 Å². The number of aromatic nitrogens is 2. The second-order valence-corrected chi connectivity index (χ2v) is 5.69. The molecule has 0 spiro atoms. The van der Waals surface area contributed by atoms with Gasteiger partial charge in [-0.15, -0.1) is 0 Å². The van der Waals surface area contributed by atoms with Gasteiger partial charge in [-0.05, 0) is 55.3 Å². The molecule has 0 bridgehead atoms. The lowest BCUT2D eigenvalue weighted by molar-refractivity contribution is 0.415. The first-order valence-corrected chi connectivity index (χ1v) is 7.73. The summed E-state index contributed by atoms with van der Waals surface area (Å²) in [5, 5.41) is 1.12. The zero-order valence-corrected chi connectivity index (χ0v) is 13.8. The summed E-state index contributed by atoms with van der Waals surface area (Å²) in [4.78, 5) is 11.0. The van der Waals surface area contributed by atoms with E-state index >= 15 is 0 Å². The maximum Gasteiger partial charge on any atom is 0.119 e. The summed E-state index contributed by atoms with van der Waals surface area (Å²) >= 11 is 0. The van der Waals surface area contributed by atoms with E-state index in [1.165, 1.54) is 11.3 Å². The number of methoxy groups -OCH3 is 1. The molecule has 1 aromatic carbocycles. The molecule has 0 saturated carbocycles. The molecule has 0 aliphatic rings. The Labute approximate surface area is 136 Å². The van der Waals surface area contributed by atoms with E-state index in [0.29, 0.717) is 0 Å². The molecule has 118 valence electrons. The van der Waals surface area contributed by atoms with Crippen LogP contribution in [0.15, 0.2) is 48.8 Å². The van der Waals surface area contributed by atoms with Gasteiger partial charge in [0.15, 0.2) is 0 Å². The second-order valence-electron chi connectivity index (χ2n) is 5.69. The average molecular weight is 307 g/mol. The van der Waals surface area contributed by atoms with Gasteiger partial charge in [0.2, 0.25) is 0 Å². The lowest BCUT2D eigenvalue weighted by Gasteiger charge is -2.22. The van der Waals surface area contributed by atoms with Gasteiger partial charge in [-0.25, -0.2) is 0 Å². The van der Waals surface area contributed by atoms with Crippen LogP contribution in [0.3, 0.4) is 0 Å². The van der Waals surface area contributed by atoms with Crippen molar-refractivity contribution in [3.8, 4) is 5.75 Å². The van der Waals surface area contributed by atoms with Gasteiger partial charge < -0.3 is 9.64 Å². The molecule has 4 heteroatoms. The molecule has 4 nitrogen and oxygen atoms in total. The van der Waals surface area contributed by atoms with Gasteiger partial charge in [0.1, 0.15) is 5.75 Å². The molecule has 0 atom stereocenters. The number of nitrogens with zero attached hydrogens (tertiary/aromatic N) is 3. The van der Waals surface area contributed by atoms with Crippen LogP contribution in [0.5, 0.6) is 5.75 Å². The number of fused-ring (bicyclic) bond motifs is 1. The van der Waals surface area contributed by atoms with Gasteiger partial charge in [0, 0.05) is 42.8 Å². The minimum absolute atomic E-state index is 0.854. The first kappa shape index (κ1) is 15.3. The Bertz CT molecular complexity index is 802. The van der Waals surface area contributed by atoms with E-state index in [1.807, 2.05) is 31.5 Å². The van der Waals surface area contributed by atoms with Crippen molar-refractivity contribution in [3.05, 3.63) is 60.0 Å². The van der Waals surface area contributed by atoms with Crippen LogP contribution in [0, 0.1) is 6.92 Å². The Kier molecular flexibility index (Phi) is 4.42. The van der Waals surface area contributed by atoms with Crippen LogP contribution < -0.4 is 9.64 Å². The summed E-state index contributed by atoms with van der Waals surface area (Å²) in [6, 6.07) is 12.3. The lowest BCUT2D eigenvalue weighted by Crippen LogP contribution is -2.21. The normalized spacial score (nSPS) is 10.7. The van der Waals surface area contributed by atoms with E-state index in [9.17, 15) is 0 Å². The van der Waals surface area contributed by atoms with Crippen molar-refractivity contribution in [2.75, 3.05) is 25.6 Å². The number of anilines is 1. The maximum absolute atomic E-state index is 5.36. The fourth-order valence-corrected chi connectivity index (χ4v) is 2.73. The van der Waals surface area contributed by atoms with Gasteiger partial charge in [0.05, 0.1) is 12.6 Å². The maximum atomic E-state index is 5.36. The van der Waals surface area contributed by atoms with Gasteiger partial charge in [-0.3, -0.25) is 9.97 Å². The predicted molar refractivity (Wildman–Crippen MR) is 94.2 cm³/mol. The summed E-state index contributed by atoms with van der Waals surface area (Å²) in [6.45, 7) is 2.96. The Morgan fingerprint density at radius 1 is 1.09 bits per heavy atom. The molecule has 2 aromatic heterocycles. The largest absolute Gasteiger partial charge is 0.497 e. The zero-order valence-electron chi connectivity index (χ0n) is 13.8. The van der Waals surface area contributed by atoms with E-state index in [0.717, 1.165) is 35.3 Å². The van der Waals surface area contributed by atoms with Crippen molar-refractivity contribution in [3.63, 3.8) is 0 Å². The summed E-state index contributed by atoms with van der Waals surface area (Å²) in [5.74, 6) is 0.854. The van der Waals surface area contributed by atoms with Gasteiger partial charge >= 0.3 is 0 Å². The highest BCUT2D eigenvalue weighted by molar-refractivity contribution is 5.93. The van der Waals surface area contributed by atoms with Crippen LogP contribution in [0.25, 0.3) is 10.9 Å². The number of hydrogen-bond acceptors (Lipinski definition) is 4. The molecular formula is C19H21N3O. The van der Waals surface area contributed by atoms with Crippen molar-refractivity contribution in [1.82, 2.24) is 9.97 Å². The molecule has 0 radical (unpaired) electrons. The van der Waals surface area contributed by atoms with Crippen LogP contribution in [-0.4, -0.2) is 30.7 Å². The Morgan fingerprint density at radius 3 is 2.61 bits per heavy atom. The monoisotopic (exact) mass is 307 g/mol. The molecule has 0 fully saturated rings. The Balaban J connectivity index is 1.90. The summed E-state index contributed by atoms with van der Waals surface area (Å²) in [6.07, 6.45) is 4.66. The Hall–Kier alpha value is -2.62. The van der Waals surface area contributed by atoms with Crippen molar-refractivity contribution in [2.24, 2.45) is 0 Å². The van der Waals surface area contributed by atoms with Crippen LogP contribution in [0.1, 0.15) is 11.3 Å². The predicted octanol–water partition coefficient (Wildman–Crippen LogP) is 3.63. The summed E-state index contributed by atoms with van der Waals surface area (Å²) in [7, 11) is 3.81. The smallest absolute Gasteiger partial charge is 0.119 e. The molecule has 0 saturated heterocycles. The molecule has 0 aliphatic heterocycles. The number of aryl methyl sites for hydroxylation is 1. The minimum atomic E-state index is 0.854. The topological polar surface area (TPSA) is 38.2 Å². The standard InChI is InChI=1S/C19H21N3O/c1-14-12-19(17-13-16(23-3)4-5-18(17)21-14)22(2)11-8-15-6-9-20-10-7-15/h4-7,9-10,12-13H,8,11H2,1-3H3. The average Bonchev–Trinajstić information content (AvgIpc) is 2.59. The molecule has 0 unspecified atom stereocenters. The van der Waals surface area contributed by atoms with E-state index in [2.05, 4.69) is 46.2 Å². The van der Waals surface area contributed by atoms with Crippen molar-refractivity contribution in [2.45, 2.75) is 13.3 Å². The number of rotatable bonds is 5. The number of hydrogen-bond donors (Lipinski definition) is 0. The highest BCUT2D eigenvalue weighted by atomic mass is 16.5. The number of benzene rings is 1. The highest BCUT2D eigenvalue weighted by Crippen LogP contribution is 2.29. The van der Waals surface area contributed by atoms with E-state index < -0.39 is 0 Å². The SMILES string of the molecule is COc1ccc2nc(C)cc(N(C)CCc3ccncc3)c2c1. The fraction of sp³-hybridized carbons (Fsp3) is 0.263. The van der Waals surface area contributed by atoms with E-state index in [4.69, 9.17) is 4.74 Å². The molecule has 23 heavy (non-hydrogen) atoms. The second kappa shape index (κ2) is 6.65. The molecule has 2 heterocycles. The Morgan fingerprint density at radius 2 is 1.87 bits per heavy atom. The first-order chi connectivity index (χ1) is 11.2. The highest BCUT2D eigenvalue weighted by Gasteiger charge is 2.10. The van der Waals surface area contributed by atoms with Crippen molar-refractivity contribution >= 4 is 16.6 Å². The third-order valence-corrected chi connectivity index (χ3v) is 4.02. The molecule has 3 rings (SSSR count). The first-order valence-electron chi connectivity index (χ1n) is 7.73. The van der Waals surface area contributed by atoms with Crippen molar-refractivity contribution in [1.29, 1.82) is 0 Å². The number of pyridine rings is 2. The van der Waals surface area contributed by atoms with E-state index in [1.54, 1.807) is 7.11 Å². The van der Waals surface area contributed by atoms with Gasteiger partial charge in [-0.1, -0.05) is 0 Å². The fourth-order valence-electron chi connectivity index (χ4n) is 2.73. The van der Waals surface area contributed by atoms with Crippen LogP contribution >= 0.6 is 0 Å². The van der Waals surface area contributed by atoms with Crippen LogP contribution in [-0.2, 0) is 6.42 Å². The molecule has 0 aliphatic carbocycles. The van der Waals surface area contributed by atoms with Crippen LogP contribution in [0.4, 0.5) is 5.69 Å². The molecule has 0 N–H and O–H groups in total. The third-order valence-electron chi connectivity index (χ3n) is 4.02. The van der Waals surface area contributed by atoms with E-state index in [-0.39, 0.29) is 0 Å². The molecule has 3 aromatic rings.